The lowest BCUT2D eigenvalue weighted by Crippen LogP contribution is -2.30. The molecule has 0 spiro atoms. The summed E-state index contributed by atoms with van der Waals surface area (Å²) < 4.78 is 6.93. The highest BCUT2D eigenvalue weighted by atomic mass is 79.9. The highest BCUT2D eigenvalue weighted by molar-refractivity contribution is 9.10. The van der Waals surface area contributed by atoms with Crippen LogP contribution in [0.3, 0.4) is 0 Å². The molecule has 1 N–H and O–H groups in total. The number of hydrogen-bond donors (Lipinski definition) is 1. The van der Waals surface area contributed by atoms with Crippen LogP contribution < -0.4 is 10.1 Å². The zero-order valence-electron chi connectivity index (χ0n) is 8.22. The summed E-state index contributed by atoms with van der Waals surface area (Å²) in [6.07, 6.45) is 2.61. The maximum Gasteiger partial charge on any atom is 0.142 e. The lowest BCUT2D eigenvalue weighted by atomic mass is 10.1. The van der Waals surface area contributed by atoms with Crippen LogP contribution in [0.1, 0.15) is 19.8 Å². The molecule has 1 aliphatic rings. The quantitative estimate of drug-likeness (QED) is 0.875. The van der Waals surface area contributed by atoms with E-state index in [1.807, 2.05) is 12.1 Å². The second kappa shape index (κ2) is 4.22. The van der Waals surface area contributed by atoms with E-state index in [0.29, 0.717) is 6.10 Å². The fourth-order valence-corrected chi connectivity index (χ4v) is 2.03. The van der Waals surface area contributed by atoms with Crippen LogP contribution in [0.15, 0.2) is 22.7 Å². The molecular formula is C11H14BrNO. The van der Waals surface area contributed by atoms with Crippen LogP contribution in [0.2, 0.25) is 0 Å². The average Bonchev–Trinajstić information content (AvgIpc) is 2.19. The molecule has 2 nitrogen and oxygen atoms in total. The number of benzene rings is 1. The minimum atomic E-state index is 0.327. The molecule has 1 aromatic rings. The van der Waals surface area contributed by atoms with E-state index in [4.69, 9.17) is 4.74 Å². The summed E-state index contributed by atoms with van der Waals surface area (Å²) >= 11 is 3.44. The SMILES string of the molecule is CCC[C@H]1CNc2cc(Br)ccc2O1. The van der Waals surface area contributed by atoms with Gasteiger partial charge in [-0.05, 0) is 24.6 Å². The van der Waals surface area contributed by atoms with E-state index in [-0.39, 0.29) is 0 Å². The summed E-state index contributed by atoms with van der Waals surface area (Å²) in [4.78, 5) is 0. The average molecular weight is 256 g/mol. The van der Waals surface area contributed by atoms with Crippen molar-refractivity contribution in [3.8, 4) is 5.75 Å². The van der Waals surface area contributed by atoms with Crippen LogP contribution in [0.4, 0.5) is 5.69 Å². The van der Waals surface area contributed by atoms with E-state index in [9.17, 15) is 0 Å². The van der Waals surface area contributed by atoms with Crippen LogP contribution in [-0.4, -0.2) is 12.6 Å². The Morgan fingerprint density at radius 1 is 1.57 bits per heavy atom. The Bertz CT molecular complexity index is 327. The van der Waals surface area contributed by atoms with E-state index in [2.05, 4.69) is 34.2 Å². The number of hydrogen-bond acceptors (Lipinski definition) is 2. The fourth-order valence-electron chi connectivity index (χ4n) is 1.67. The van der Waals surface area contributed by atoms with Crippen molar-refractivity contribution in [3.05, 3.63) is 22.7 Å². The van der Waals surface area contributed by atoms with Gasteiger partial charge in [0.15, 0.2) is 0 Å². The Kier molecular flexibility index (Phi) is 2.96. The fraction of sp³-hybridized carbons (Fsp3) is 0.455. The third-order valence-corrected chi connectivity index (χ3v) is 2.86. The standard InChI is InChI=1S/C11H14BrNO/c1-2-3-9-7-13-10-6-8(12)4-5-11(10)14-9/h4-6,9,13H,2-3,7H2,1H3/t9-/m0/s1. The van der Waals surface area contributed by atoms with Gasteiger partial charge in [-0.2, -0.15) is 0 Å². The maximum absolute atomic E-state index is 5.84. The second-order valence-corrected chi connectivity index (χ2v) is 4.47. The zero-order chi connectivity index (χ0) is 9.97. The van der Waals surface area contributed by atoms with Crippen LogP contribution in [-0.2, 0) is 0 Å². The minimum Gasteiger partial charge on any atom is -0.486 e. The molecule has 3 heteroatoms. The van der Waals surface area contributed by atoms with Gasteiger partial charge in [0.1, 0.15) is 11.9 Å². The molecule has 0 radical (unpaired) electrons. The smallest absolute Gasteiger partial charge is 0.142 e. The first-order valence-electron chi connectivity index (χ1n) is 4.99. The summed E-state index contributed by atoms with van der Waals surface area (Å²) in [6.45, 7) is 3.09. The highest BCUT2D eigenvalue weighted by Gasteiger charge is 2.17. The normalized spacial score (nSPS) is 19.4. The van der Waals surface area contributed by atoms with Gasteiger partial charge in [-0.1, -0.05) is 29.3 Å². The van der Waals surface area contributed by atoms with E-state index in [1.54, 1.807) is 0 Å². The van der Waals surface area contributed by atoms with Crippen molar-refractivity contribution in [2.45, 2.75) is 25.9 Å². The topological polar surface area (TPSA) is 21.3 Å². The Balaban J connectivity index is 2.15. The minimum absolute atomic E-state index is 0.327. The lowest BCUT2D eigenvalue weighted by molar-refractivity contribution is 0.194. The molecule has 0 fully saturated rings. The summed E-state index contributed by atoms with van der Waals surface area (Å²) in [5.41, 5.74) is 1.09. The summed E-state index contributed by atoms with van der Waals surface area (Å²) in [5.74, 6) is 0.970. The largest absolute Gasteiger partial charge is 0.486 e. The van der Waals surface area contributed by atoms with Gasteiger partial charge in [-0.25, -0.2) is 0 Å². The third-order valence-electron chi connectivity index (χ3n) is 2.37. The lowest BCUT2D eigenvalue weighted by Gasteiger charge is -2.27. The molecule has 2 rings (SSSR count). The molecule has 0 aromatic heterocycles. The first-order valence-corrected chi connectivity index (χ1v) is 5.79. The van der Waals surface area contributed by atoms with E-state index >= 15 is 0 Å². The first kappa shape index (κ1) is 9.84. The van der Waals surface area contributed by atoms with Crippen molar-refractivity contribution in [2.24, 2.45) is 0 Å². The Morgan fingerprint density at radius 2 is 2.43 bits per heavy atom. The molecule has 0 aliphatic carbocycles. The Hall–Kier alpha value is -0.700. The van der Waals surface area contributed by atoms with Gasteiger partial charge in [0.25, 0.3) is 0 Å². The summed E-state index contributed by atoms with van der Waals surface area (Å²) in [5, 5.41) is 3.38. The predicted molar refractivity (Wildman–Crippen MR) is 62.0 cm³/mol. The molecule has 76 valence electrons. The van der Waals surface area contributed by atoms with Crippen molar-refractivity contribution < 1.29 is 4.74 Å². The molecular weight excluding hydrogens is 242 g/mol. The molecule has 0 amide bonds. The van der Waals surface area contributed by atoms with E-state index in [0.717, 1.165) is 35.3 Å². The molecule has 0 unspecified atom stereocenters. The van der Waals surface area contributed by atoms with Crippen molar-refractivity contribution in [1.29, 1.82) is 0 Å². The van der Waals surface area contributed by atoms with Crippen molar-refractivity contribution in [2.75, 3.05) is 11.9 Å². The zero-order valence-corrected chi connectivity index (χ0v) is 9.80. The first-order chi connectivity index (χ1) is 6.79. The van der Waals surface area contributed by atoms with Crippen LogP contribution >= 0.6 is 15.9 Å². The molecule has 0 saturated heterocycles. The van der Waals surface area contributed by atoms with Gasteiger partial charge >= 0.3 is 0 Å². The summed E-state index contributed by atoms with van der Waals surface area (Å²) in [7, 11) is 0. The van der Waals surface area contributed by atoms with E-state index < -0.39 is 0 Å². The van der Waals surface area contributed by atoms with Crippen molar-refractivity contribution in [3.63, 3.8) is 0 Å². The van der Waals surface area contributed by atoms with E-state index in [1.165, 1.54) is 0 Å². The van der Waals surface area contributed by atoms with Gasteiger partial charge in [-0.3, -0.25) is 0 Å². The molecule has 1 heterocycles. The Labute approximate surface area is 92.8 Å². The molecule has 0 saturated carbocycles. The van der Waals surface area contributed by atoms with Gasteiger partial charge in [0, 0.05) is 4.47 Å². The van der Waals surface area contributed by atoms with Gasteiger partial charge in [0.05, 0.1) is 12.2 Å². The van der Waals surface area contributed by atoms with Crippen molar-refractivity contribution in [1.82, 2.24) is 0 Å². The molecule has 0 bridgehead atoms. The number of halogens is 1. The molecule has 1 aromatic carbocycles. The number of anilines is 1. The Morgan fingerprint density at radius 3 is 3.21 bits per heavy atom. The van der Waals surface area contributed by atoms with Crippen LogP contribution in [0.25, 0.3) is 0 Å². The molecule has 1 atom stereocenters. The number of rotatable bonds is 2. The highest BCUT2D eigenvalue weighted by Crippen LogP contribution is 2.32. The predicted octanol–water partition coefficient (Wildman–Crippen LogP) is 3.42. The second-order valence-electron chi connectivity index (χ2n) is 3.55. The maximum atomic E-state index is 5.84. The van der Waals surface area contributed by atoms with Gasteiger partial charge in [0.2, 0.25) is 0 Å². The molecule has 1 aliphatic heterocycles. The van der Waals surface area contributed by atoms with Gasteiger partial charge < -0.3 is 10.1 Å². The number of fused-ring (bicyclic) bond motifs is 1. The monoisotopic (exact) mass is 255 g/mol. The van der Waals surface area contributed by atoms with Gasteiger partial charge in [-0.15, -0.1) is 0 Å². The third kappa shape index (κ3) is 2.03. The van der Waals surface area contributed by atoms with Crippen molar-refractivity contribution >= 4 is 21.6 Å². The molecule has 14 heavy (non-hydrogen) atoms. The summed E-state index contributed by atoms with van der Waals surface area (Å²) in [6, 6.07) is 6.07. The number of nitrogens with one attached hydrogen (secondary N) is 1. The number of ether oxygens (including phenoxy) is 1. The van der Waals surface area contributed by atoms with Crippen LogP contribution in [0, 0.1) is 0 Å². The van der Waals surface area contributed by atoms with Crippen LogP contribution in [0.5, 0.6) is 5.75 Å².